The van der Waals surface area contributed by atoms with Crippen molar-refractivity contribution in [1.82, 2.24) is 9.88 Å². The lowest BCUT2D eigenvalue weighted by Gasteiger charge is -2.25. The van der Waals surface area contributed by atoms with Crippen LogP contribution in [0.2, 0.25) is 0 Å². The van der Waals surface area contributed by atoms with Crippen molar-refractivity contribution < 1.29 is 23.8 Å². The molecule has 1 N–H and O–H groups in total. The van der Waals surface area contributed by atoms with Gasteiger partial charge in [-0.3, -0.25) is 14.6 Å². The molecule has 5 rings (SSSR count). The summed E-state index contributed by atoms with van der Waals surface area (Å²) in [4.78, 5) is 31.1. The molecule has 0 bridgehead atoms. The minimum absolute atomic E-state index is 0.139. The van der Waals surface area contributed by atoms with Crippen LogP contribution in [-0.2, 0) is 16.0 Å². The smallest absolute Gasteiger partial charge is 0.231 e. The Kier molecular flexibility index (Phi) is 7.02. The highest BCUT2D eigenvalue weighted by Gasteiger charge is 2.27. The fourth-order valence-corrected chi connectivity index (χ4v) is 4.58. The predicted octanol–water partition coefficient (Wildman–Crippen LogP) is 3.95. The first-order valence-electron chi connectivity index (χ1n) is 12.2. The number of methoxy groups -OCH3 is 1. The predicted molar refractivity (Wildman–Crippen MR) is 135 cm³/mol. The monoisotopic (exact) mass is 487 g/mol. The van der Waals surface area contributed by atoms with Gasteiger partial charge in [-0.05, 0) is 72.0 Å². The van der Waals surface area contributed by atoms with E-state index in [9.17, 15) is 9.59 Å². The number of nitrogens with one attached hydrogen (secondary N) is 1. The van der Waals surface area contributed by atoms with Crippen molar-refractivity contribution in [2.24, 2.45) is 5.92 Å². The molecule has 1 unspecified atom stereocenters. The number of hydrogen-bond acceptors (Lipinski definition) is 6. The Morgan fingerprint density at radius 1 is 1.14 bits per heavy atom. The Labute approximate surface area is 210 Å². The van der Waals surface area contributed by atoms with Gasteiger partial charge in [0.2, 0.25) is 11.8 Å². The molecular weight excluding hydrogens is 458 g/mol. The van der Waals surface area contributed by atoms with Crippen molar-refractivity contribution in [3.05, 3.63) is 66.5 Å². The highest BCUT2D eigenvalue weighted by Crippen LogP contribution is 2.34. The fraction of sp³-hybridized carbons (Fsp3) is 0.321. The Morgan fingerprint density at radius 2 is 2.00 bits per heavy atom. The Balaban J connectivity index is 1.32. The van der Waals surface area contributed by atoms with Gasteiger partial charge in [-0.25, -0.2) is 0 Å². The Bertz CT molecular complexity index is 1250. The molecule has 1 atom stereocenters. The van der Waals surface area contributed by atoms with Crippen LogP contribution in [0.5, 0.6) is 17.2 Å². The fourth-order valence-electron chi connectivity index (χ4n) is 4.58. The summed E-state index contributed by atoms with van der Waals surface area (Å²) in [7, 11) is 1.62. The number of aromatic nitrogens is 1. The molecule has 0 aliphatic carbocycles. The number of pyridine rings is 1. The van der Waals surface area contributed by atoms with Crippen molar-refractivity contribution in [1.29, 1.82) is 0 Å². The van der Waals surface area contributed by atoms with Crippen LogP contribution in [0.15, 0.2) is 60.9 Å². The van der Waals surface area contributed by atoms with Crippen LogP contribution >= 0.6 is 0 Å². The van der Waals surface area contributed by atoms with Crippen LogP contribution in [0, 0.1) is 5.92 Å². The summed E-state index contributed by atoms with van der Waals surface area (Å²) in [6, 6.07) is 15.2. The molecule has 2 amide bonds. The van der Waals surface area contributed by atoms with E-state index in [1.165, 1.54) is 0 Å². The first-order chi connectivity index (χ1) is 17.6. The number of rotatable bonds is 8. The maximum Gasteiger partial charge on any atom is 0.231 e. The molecular formula is C28H29N3O5. The quantitative estimate of drug-likeness (QED) is 0.518. The van der Waals surface area contributed by atoms with Crippen molar-refractivity contribution in [2.45, 2.75) is 19.3 Å². The molecule has 1 aromatic heterocycles. The number of likely N-dealkylation sites (tertiary alicyclic amines) is 1. The summed E-state index contributed by atoms with van der Waals surface area (Å²) >= 11 is 0. The van der Waals surface area contributed by atoms with Gasteiger partial charge in [-0.15, -0.1) is 0 Å². The third-order valence-electron chi connectivity index (χ3n) is 6.59. The lowest BCUT2D eigenvalue weighted by molar-refractivity contribution is -0.128. The van der Waals surface area contributed by atoms with Crippen molar-refractivity contribution in [3.8, 4) is 28.4 Å². The molecule has 8 nitrogen and oxygen atoms in total. The van der Waals surface area contributed by atoms with Gasteiger partial charge in [0, 0.05) is 25.4 Å². The van der Waals surface area contributed by atoms with E-state index in [1.54, 1.807) is 19.5 Å². The van der Waals surface area contributed by atoms with E-state index in [4.69, 9.17) is 14.2 Å². The molecule has 2 aliphatic heterocycles. The zero-order valence-electron chi connectivity index (χ0n) is 20.2. The molecule has 2 aromatic carbocycles. The molecule has 0 spiro atoms. The molecule has 2 aliphatic rings. The molecule has 8 heteroatoms. The van der Waals surface area contributed by atoms with Crippen LogP contribution < -0.4 is 19.5 Å². The van der Waals surface area contributed by atoms with Crippen LogP contribution in [0.4, 0.5) is 5.69 Å². The summed E-state index contributed by atoms with van der Waals surface area (Å²) < 4.78 is 17.3. The average Bonchev–Trinajstić information content (AvgIpc) is 3.33. The molecule has 3 aromatic rings. The van der Waals surface area contributed by atoms with Gasteiger partial charge in [-0.2, -0.15) is 0 Å². The van der Waals surface area contributed by atoms with Gasteiger partial charge >= 0.3 is 0 Å². The number of carbonyl (C=O) groups is 2. The number of benzene rings is 2. The van der Waals surface area contributed by atoms with E-state index in [0.717, 1.165) is 41.2 Å². The van der Waals surface area contributed by atoms with E-state index in [2.05, 4.69) is 10.3 Å². The second kappa shape index (κ2) is 10.7. The van der Waals surface area contributed by atoms with Gasteiger partial charge in [0.05, 0.1) is 25.3 Å². The molecule has 0 saturated carbocycles. The standard InChI is InChI=1S/C28H29N3O5/c1-34-23-5-7-25-21(16-23)15-22(18-36-25)28(33)30-24-6-4-20(19-8-10-29-11-9-19)17-26(24)35-14-13-31-12-2-3-27(31)32/h4-11,16-17,22H,2-3,12-15,18H2,1H3,(H,30,33). The summed E-state index contributed by atoms with van der Waals surface area (Å²) in [5, 5.41) is 3.04. The summed E-state index contributed by atoms with van der Waals surface area (Å²) in [5.74, 6) is 1.74. The van der Waals surface area contributed by atoms with Crippen LogP contribution in [0.25, 0.3) is 11.1 Å². The average molecular weight is 488 g/mol. The van der Waals surface area contributed by atoms with Crippen molar-refractivity contribution in [3.63, 3.8) is 0 Å². The molecule has 1 fully saturated rings. The normalized spacial score (nSPS) is 16.8. The topological polar surface area (TPSA) is 90.0 Å². The van der Waals surface area contributed by atoms with Gasteiger partial charge in [0.15, 0.2) is 0 Å². The Hall–Kier alpha value is -4.07. The number of anilines is 1. The largest absolute Gasteiger partial charge is 0.497 e. The van der Waals surface area contributed by atoms with Gasteiger partial charge in [0.1, 0.15) is 30.5 Å². The van der Waals surface area contributed by atoms with Crippen LogP contribution in [0.3, 0.4) is 0 Å². The highest BCUT2D eigenvalue weighted by atomic mass is 16.5. The van der Waals surface area contributed by atoms with E-state index >= 15 is 0 Å². The molecule has 36 heavy (non-hydrogen) atoms. The maximum atomic E-state index is 13.2. The SMILES string of the molecule is COc1ccc2c(c1)CC(C(=O)Nc1ccc(-c3ccncc3)cc1OCCN1CCCC1=O)CO2. The molecule has 3 heterocycles. The Morgan fingerprint density at radius 3 is 2.78 bits per heavy atom. The zero-order valence-corrected chi connectivity index (χ0v) is 20.2. The van der Waals surface area contributed by atoms with Crippen LogP contribution in [-0.4, -0.2) is 55.1 Å². The molecule has 186 valence electrons. The van der Waals surface area contributed by atoms with Gasteiger partial charge in [-0.1, -0.05) is 6.07 Å². The van der Waals surface area contributed by atoms with Crippen molar-refractivity contribution >= 4 is 17.5 Å². The van der Waals surface area contributed by atoms with E-state index < -0.39 is 0 Å². The second-order valence-corrected chi connectivity index (χ2v) is 8.95. The second-order valence-electron chi connectivity index (χ2n) is 8.95. The third kappa shape index (κ3) is 5.27. The number of ether oxygens (including phenoxy) is 3. The number of nitrogens with zero attached hydrogens (tertiary/aromatic N) is 2. The minimum atomic E-state index is -0.348. The molecule has 1 saturated heterocycles. The highest BCUT2D eigenvalue weighted by molar-refractivity contribution is 5.95. The number of fused-ring (bicyclic) bond motifs is 1. The lowest BCUT2D eigenvalue weighted by atomic mass is 9.95. The number of hydrogen-bond donors (Lipinski definition) is 1. The maximum absolute atomic E-state index is 13.2. The minimum Gasteiger partial charge on any atom is -0.497 e. The summed E-state index contributed by atoms with van der Waals surface area (Å²) in [6.07, 6.45) is 5.51. The van der Waals surface area contributed by atoms with Gasteiger partial charge in [0.25, 0.3) is 0 Å². The molecule has 0 radical (unpaired) electrons. The van der Waals surface area contributed by atoms with Gasteiger partial charge < -0.3 is 24.4 Å². The number of amides is 2. The lowest BCUT2D eigenvalue weighted by Crippen LogP contribution is -2.33. The van der Waals surface area contributed by atoms with E-state index in [-0.39, 0.29) is 17.7 Å². The number of carbonyl (C=O) groups excluding carboxylic acids is 2. The summed E-state index contributed by atoms with van der Waals surface area (Å²) in [6.45, 7) is 1.92. The van der Waals surface area contributed by atoms with E-state index in [0.29, 0.717) is 44.0 Å². The third-order valence-corrected chi connectivity index (χ3v) is 6.59. The zero-order chi connectivity index (χ0) is 24.9. The first-order valence-corrected chi connectivity index (χ1v) is 12.2. The van der Waals surface area contributed by atoms with Crippen molar-refractivity contribution in [2.75, 3.05) is 38.7 Å². The first kappa shape index (κ1) is 23.7. The summed E-state index contributed by atoms with van der Waals surface area (Å²) in [5.41, 5.74) is 3.47. The van der Waals surface area contributed by atoms with E-state index in [1.807, 2.05) is 53.4 Å². The van der Waals surface area contributed by atoms with Crippen LogP contribution in [0.1, 0.15) is 18.4 Å².